The fraction of sp³-hybridized carbons (Fsp3) is 0.184. The quantitative estimate of drug-likeness (QED) is 0.169. The van der Waals surface area contributed by atoms with Crippen molar-refractivity contribution in [1.29, 1.82) is 0 Å². The fourth-order valence-electron chi connectivity index (χ4n) is 9.83. The average molecular weight is 644 g/mol. The van der Waals surface area contributed by atoms with Crippen molar-refractivity contribution in [3.63, 3.8) is 0 Å². The van der Waals surface area contributed by atoms with Crippen molar-refractivity contribution in [2.75, 3.05) is 4.90 Å². The van der Waals surface area contributed by atoms with Gasteiger partial charge in [0.15, 0.2) is 0 Å². The van der Waals surface area contributed by atoms with Gasteiger partial charge in [0, 0.05) is 22.8 Å². The lowest BCUT2D eigenvalue weighted by Gasteiger charge is -2.46. The zero-order chi connectivity index (χ0) is 33.4. The van der Waals surface area contributed by atoms with Crippen molar-refractivity contribution < 1.29 is 0 Å². The van der Waals surface area contributed by atoms with Gasteiger partial charge in [-0.2, -0.15) is 0 Å². The number of benzene rings is 8. The van der Waals surface area contributed by atoms with Crippen molar-refractivity contribution >= 4 is 43.7 Å². The van der Waals surface area contributed by atoms with Gasteiger partial charge in [-0.15, -0.1) is 0 Å². The molecule has 1 saturated carbocycles. The highest BCUT2D eigenvalue weighted by Gasteiger charge is 2.51. The molecule has 0 saturated heterocycles. The number of nitrogens with zero attached hydrogens (tertiary/aromatic N) is 1. The molecule has 0 aromatic heterocycles. The minimum Gasteiger partial charge on any atom is -0.335 e. The summed E-state index contributed by atoms with van der Waals surface area (Å²) in [6, 6.07) is 57.0. The Kier molecular flexibility index (Phi) is 6.68. The Bertz CT molecular complexity index is 2520. The lowest BCUT2D eigenvalue weighted by Crippen LogP contribution is -2.46. The lowest BCUT2D eigenvalue weighted by atomic mass is 9.68. The highest BCUT2D eigenvalue weighted by atomic mass is 15.2. The number of anilines is 2. The summed E-state index contributed by atoms with van der Waals surface area (Å²) in [7, 11) is 0. The summed E-state index contributed by atoms with van der Waals surface area (Å²) in [5.74, 6) is 1.27. The molecule has 1 aliphatic heterocycles. The second-order valence-corrected chi connectivity index (χ2v) is 15.0. The molecule has 1 aliphatic carbocycles. The minimum atomic E-state index is 0.0691. The summed E-state index contributed by atoms with van der Waals surface area (Å²) in [5.41, 5.74) is 12.0. The molecular formula is C49H41N. The van der Waals surface area contributed by atoms with Crippen LogP contribution in [0, 0.1) is 5.92 Å². The number of fused-ring (bicyclic) bond motifs is 3. The molecule has 3 atom stereocenters. The van der Waals surface area contributed by atoms with Gasteiger partial charge in [0.1, 0.15) is 0 Å². The third-order valence-corrected chi connectivity index (χ3v) is 12.4. The zero-order valence-electron chi connectivity index (χ0n) is 28.9. The molecule has 0 radical (unpaired) electrons. The molecule has 0 bridgehead atoms. The van der Waals surface area contributed by atoms with Crippen molar-refractivity contribution in [2.24, 2.45) is 5.92 Å². The van der Waals surface area contributed by atoms with Crippen LogP contribution >= 0.6 is 0 Å². The van der Waals surface area contributed by atoms with Crippen LogP contribution in [0.15, 0.2) is 152 Å². The Labute approximate surface area is 295 Å². The zero-order valence-corrected chi connectivity index (χ0v) is 28.9. The Balaban J connectivity index is 1.25. The van der Waals surface area contributed by atoms with Gasteiger partial charge in [-0.3, -0.25) is 0 Å². The van der Waals surface area contributed by atoms with E-state index in [0.29, 0.717) is 5.92 Å². The van der Waals surface area contributed by atoms with Gasteiger partial charge in [-0.1, -0.05) is 135 Å². The molecule has 1 heterocycles. The topological polar surface area (TPSA) is 3.24 Å². The molecule has 3 unspecified atom stereocenters. The van der Waals surface area contributed by atoms with E-state index < -0.39 is 0 Å². The monoisotopic (exact) mass is 643 g/mol. The van der Waals surface area contributed by atoms with Crippen LogP contribution in [0.3, 0.4) is 0 Å². The molecular weight excluding hydrogens is 603 g/mol. The maximum atomic E-state index is 2.69. The predicted molar refractivity (Wildman–Crippen MR) is 214 cm³/mol. The third kappa shape index (κ3) is 4.32. The maximum absolute atomic E-state index is 2.69. The van der Waals surface area contributed by atoms with Gasteiger partial charge >= 0.3 is 0 Å². The molecule has 2 aliphatic rings. The van der Waals surface area contributed by atoms with Crippen molar-refractivity contribution in [1.82, 2.24) is 0 Å². The summed E-state index contributed by atoms with van der Waals surface area (Å²) < 4.78 is 0. The van der Waals surface area contributed by atoms with E-state index in [2.05, 4.69) is 170 Å². The van der Waals surface area contributed by atoms with Crippen LogP contribution in [-0.2, 0) is 0 Å². The molecule has 8 aromatic carbocycles. The largest absolute Gasteiger partial charge is 0.335 e. The average Bonchev–Trinajstić information content (AvgIpc) is 3.44. The lowest BCUT2D eigenvalue weighted by molar-refractivity contribution is 0.221. The van der Waals surface area contributed by atoms with Crippen LogP contribution in [0.2, 0.25) is 0 Å². The van der Waals surface area contributed by atoms with E-state index >= 15 is 0 Å². The first kappa shape index (κ1) is 29.5. The summed E-state index contributed by atoms with van der Waals surface area (Å²) >= 11 is 0. The van der Waals surface area contributed by atoms with E-state index in [-0.39, 0.29) is 5.54 Å². The van der Waals surface area contributed by atoms with Crippen molar-refractivity contribution in [3.8, 4) is 33.4 Å². The summed E-state index contributed by atoms with van der Waals surface area (Å²) in [4.78, 5) is 2.69. The molecule has 242 valence electrons. The smallest absolute Gasteiger partial charge is 0.0492 e. The molecule has 8 aromatic rings. The van der Waals surface area contributed by atoms with Crippen LogP contribution in [0.25, 0.3) is 65.7 Å². The van der Waals surface area contributed by atoms with E-state index in [9.17, 15) is 0 Å². The molecule has 0 N–H and O–H groups in total. The van der Waals surface area contributed by atoms with Crippen molar-refractivity contribution in [2.45, 2.75) is 51.0 Å². The Morgan fingerprint density at radius 1 is 0.580 bits per heavy atom. The van der Waals surface area contributed by atoms with E-state index in [1.165, 1.54) is 108 Å². The van der Waals surface area contributed by atoms with E-state index in [1.54, 1.807) is 0 Å². The normalized spacial score (nSPS) is 20.1. The Morgan fingerprint density at radius 2 is 1.18 bits per heavy atom. The number of hydrogen-bond acceptors (Lipinski definition) is 1. The first-order valence-corrected chi connectivity index (χ1v) is 18.5. The fourth-order valence-corrected chi connectivity index (χ4v) is 9.83. The van der Waals surface area contributed by atoms with Crippen LogP contribution < -0.4 is 4.90 Å². The maximum Gasteiger partial charge on any atom is 0.0492 e. The molecule has 1 nitrogen and oxygen atoms in total. The molecule has 50 heavy (non-hydrogen) atoms. The van der Waals surface area contributed by atoms with Crippen molar-refractivity contribution in [3.05, 3.63) is 157 Å². The van der Waals surface area contributed by atoms with Crippen LogP contribution in [0.5, 0.6) is 0 Å². The summed E-state index contributed by atoms with van der Waals surface area (Å²) in [6.45, 7) is 4.91. The summed E-state index contributed by atoms with van der Waals surface area (Å²) in [6.07, 6.45) is 5.03. The Hall–Kier alpha value is -5.40. The second kappa shape index (κ2) is 11.3. The highest BCUT2D eigenvalue weighted by molar-refractivity contribution is 6.30. The van der Waals surface area contributed by atoms with E-state index in [4.69, 9.17) is 0 Å². The number of para-hydroxylation sites is 1. The highest BCUT2D eigenvalue weighted by Crippen LogP contribution is 2.59. The van der Waals surface area contributed by atoms with E-state index in [0.717, 1.165) is 5.92 Å². The standard InChI is InChI=1S/C49H41N/c1-3-32-27-28-49(2)45(29-32)44-30-36(21-26-46(44)50(49)37-17-11-6-12-18-37)43-31-42(34-15-9-5-10-16-34)40-23-20-35-19-22-38(33-13-7-4-8-14-33)39-24-25-41(43)48(40)47(35)39/h4-26,30-32,45H,3,27-29H2,1-2H3. The van der Waals surface area contributed by atoms with Crippen LogP contribution in [0.1, 0.15) is 51.0 Å². The number of hydrogen-bond donors (Lipinski definition) is 0. The second-order valence-electron chi connectivity index (χ2n) is 15.0. The van der Waals surface area contributed by atoms with Crippen LogP contribution in [-0.4, -0.2) is 5.54 Å². The molecule has 1 heteroatoms. The molecule has 1 fully saturated rings. The van der Waals surface area contributed by atoms with Gasteiger partial charge in [-0.25, -0.2) is 0 Å². The van der Waals surface area contributed by atoms with Crippen LogP contribution in [0.4, 0.5) is 11.4 Å². The van der Waals surface area contributed by atoms with Gasteiger partial charge in [0.2, 0.25) is 0 Å². The predicted octanol–water partition coefficient (Wildman–Crippen LogP) is 13.8. The first-order valence-electron chi connectivity index (χ1n) is 18.5. The van der Waals surface area contributed by atoms with Gasteiger partial charge in [0.25, 0.3) is 0 Å². The molecule has 10 rings (SSSR count). The van der Waals surface area contributed by atoms with E-state index in [1.807, 2.05) is 0 Å². The molecule has 0 spiro atoms. The van der Waals surface area contributed by atoms with Gasteiger partial charge in [0.05, 0.1) is 0 Å². The first-order chi connectivity index (χ1) is 24.6. The molecule has 0 amide bonds. The summed E-state index contributed by atoms with van der Waals surface area (Å²) in [5, 5.41) is 8.00. The third-order valence-electron chi connectivity index (χ3n) is 12.4. The minimum absolute atomic E-state index is 0.0691. The SMILES string of the molecule is CCC1CCC2(C)C(C1)c1cc(-c3cc(-c4ccccc4)c4ccc5ccc(-c6ccccc6)c6ccc3c4c56)ccc1N2c1ccccc1. The van der Waals surface area contributed by atoms with Gasteiger partial charge in [-0.05, 0) is 134 Å². The Morgan fingerprint density at radius 3 is 1.88 bits per heavy atom. The number of rotatable bonds is 5. The van der Waals surface area contributed by atoms with Gasteiger partial charge < -0.3 is 4.90 Å².